The van der Waals surface area contributed by atoms with Crippen LogP contribution < -0.4 is 10.0 Å². The zero-order chi connectivity index (χ0) is 26.0. The van der Waals surface area contributed by atoms with Gasteiger partial charge in [0.05, 0.1) is 16.1 Å². The normalized spacial score (nSPS) is 12.9. The molecular weight excluding hydrogens is 501 g/mol. The number of anilines is 1. The molecule has 0 aliphatic rings. The summed E-state index contributed by atoms with van der Waals surface area (Å²) in [5, 5.41) is 2.08. The lowest BCUT2D eigenvalue weighted by atomic mass is 10.1. The maximum absolute atomic E-state index is 13.5. The first-order valence-corrected chi connectivity index (χ1v) is 12.5. The molecule has 1 atom stereocenters. The fourth-order valence-electron chi connectivity index (χ4n) is 3.95. The predicted molar refractivity (Wildman–Crippen MR) is 130 cm³/mol. The van der Waals surface area contributed by atoms with Crippen molar-refractivity contribution in [2.24, 2.45) is 0 Å². The van der Waals surface area contributed by atoms with Gasteiger partial charge >= 0.3 is 6.18 Å². The van der Waals surface area contributed by atoms with E-state index in [-0.39, 0.29) is 16.3 Å². The molecule has 0 aromatic heterocycles. The standard InChI is InChI=1S/C25H24ClF3N2O3S/c1-15-11-16(2)23(17(3)12-15)35(33,34)31-22(13-18-7-5-4-6-8-18)24(32)30-21-10-9-19(26)14-20(21)25(27,28)29/h4-12,14,22,31H,13H2,1-3H3,(H,30,32). The van der Waals surface area contributed by atoms with Gasteiger partial charge in [-0.05, 0) is 62.1 Å². The predicted octanol–water partition coefficient (Wildman–Crippen LogP) is 5.81. The van der Waals surface area contributed by atoms with Gasteiger partial charge in [-0.25, -0.2) is 8.42 Å². The van der Waals surface area contributed by atoms with Crippen LogP contribution in [0.5, 0.6) is 0 Å². The number of rotatable bonds is 7. The molecule has 35 heavy (non-hydrogen) atoms. The molecule has 186 valence electrons. The summed E-state index contributed by atoms with van der Waals surface area (Å²) in [4.78, 5) is 13.2. The van der Waals surface area contributed by atoms with Crippen molar-refractivity contribution in [3.63, 3.8) is 0 Å². The molecule has 0 saturated carbocycles. The van der Waals surface area contributed by atoms with Crippen molar-refractivity contribution in [1.82, 2.24) is 4.72 Å². The van der Waals surface area contributed by atoms with E-state index < -0.39 is 39.4 Å². The number of alkyl halides is 3. The fourth-order valence-corrected chi connectivity index (χ4v) is 5.77. The molecule has 0 aliphatic heterocycles. The Kier molecular flexibility index (Phi) is 7.93. The van der Waals surface area contributed by atoms with E-state index in [1.54, 1.807) is 56.3 Å². The third kappa shape index (κ3) is 6.62. The number of hydrogen-bond donors (Lipinski definition) is 2. The number of carbonyl (C=O) groups excluding carboxylic acids is 1. The average molecular weight is 525 g/mol. The summed E-state index contributed by atoms with van der Waals surface area (Å²) in [6.45, 7) is 5.12. The average Bonchev–Trinajstić information content (AvgIpc) is 2.73. The molecule has 0 saturated heterocycles. The van der Waals surface area contributed by atoms with Crippen LogP contribution in [0.1, 0.15) is 27.8 Å². The molecule has 0 fully saturated rings. The van der Waals surface area contributed by atoms with Crippen LogP contribution in [0, 0.1) is 20.8 Å². The van der Waals surface area contributed by atoms with Crippen LogP contribution in [-0.2, 0) is 27.4 Å². The second-order valence-corrected chi connectivity index (χ2v) is 10.4. The van der Waals surface area contributed by atoms with Gasteiger partial charge in [0.15, 0.2) is 0 Å². The molecule has 5 nitrogen and oxygen atoms in total. The van der Waals surface area contributed by atoms with Crippen molar-refractivity contribution in [2.75, 3.05) is 5.32 Å². The molecule has 1 unspecified atom stereocenters. The van der Waals surface area contributed by atoms with Crippen LogP contribution in [0.25, 0.3) is 0 Å². The molecule has 0 spiro atoms. The number of carbonyl (C=O) groups is 1. The van der Waals surface area contributed by atoms with Gasteiger partial charge in [0, 0.05) is 5.02 Å². The molecule has 10 heteroatoms. The van der Waals surface area contributed by atoms with Crippen LogP contribution in [-0.4, -0.2) is 20.4 Å². The van der Waals surface area contributed by atoms with Gasteiger partial charge in [-0.1, -0.05) is 59.6 Å². The molecule has 3 aromatic carbocycles. The van der Waals surface area contributed by atoms with E-state index >= 15 is 0 Å². The molecule has 3 rings (SSSR count). The van der Waals surface area contributed by atoms with Gasteiger partial charge in [0.2, 0.25) is 15.9 Å². The van der Waals surface area contributed by atoms with E-state index in [1.165, 1.54) is 6.07 Å². The molecule has 2 N–H and O–H groups in total. The first kappa shape index (κ1) is 26.7. The Labute approximate surface area is 207 Å². The van der Waals surface area contributed by atoms with Gasteiger partial charge in [-0.2, -0.15) is 17.9 Å². The number of halogens is 4. The quantitative estimate of drug-likeness (QED) is 0.409. The van der Waals surface area contributed by atoms with Gasteiger partial charge in [0.25, 0.3) is 0 Å². The summed E-state index contributed by atoms with van der Waals surface area (Å²) in [5.41, 5.74) is 0.827. The maximum Gasteiger partial charge on any atom is 0.418 e. The number of amides is 1. The molecule has 0 radical (unpaired) electrons. The lowest BCUT2D eigenvalue weighted by Crippen LogP contribution is -2.45. The zero-order valence-electron chi connectivity index (χ0n) is 19.2. The minimum atomic E-state index is -4.78. The number of nitrogens with one attached hydrogen (secondary N) is 2. The van der Waals surface area contributed by atoms with Crippen LogP contribution in [0.3, 0.4) is 0 Å². The molecule has 0 aliphatic carbocycles. The topological polar surface area (TPSA) is 75.3 Å². The lowest BCUT2D eigenvalue weighted by molar-refractivity contribution is -0.137. The van der Waals surface area contributed by atoms with Gasteiger partial charge in [-0.15, -0.1) is 0 Å². The van der Waals surface area contributed by atoms with Crippen molar-refractivity contribution in [3.8, 4) is 0 Å². The molecule has 3 aromatic rings. The highest BCUT2D eigenvalue weighted by atomic mass is 35.5. The summed E-state index contributed by atoms with van der Waals surface area (Å²) in [7, 11) is -4.19. The summed E-state index contributed by atoms with van der Waals surface area (Å²) in [6.07, 6.45) is -4.86. The van der Waals surface area contributed by atoms with Crippen LogP contribution in [0.4, 0.5) is 18.9 Å². The Hall–Kier alpha value is -2.88. The first-order chi connectivity index (χ1) is 16.3. The van der Waals surface area contributed by atoms with Crippen LogP contribution in [0.2, 0.25) is 5.02 Å². The molecule has 0 bridgehead atoms. The van der Waals surface area contributed by atoms with Crippen molar-refractivity contribution in [2.45, 2.75) is 44.3 Å². The SMILES string of the molecule is Cc1cc(C)c(S(=O)(=O)NC(Cc2ccccc2)C(=O)Nc2ccc(Cl)cc2C(F)(F)F)c(C)c1. The third-order valence-corrected chi connectivity index (χ3v) is 7.33. The first-order valence-electron chi connectivity index (χ1n) is 10.6. The minimum Gasteiger partial charge on any atom is -0.324 e. The van der Waals surface area contributed by atoms with Crippen molar-refractivity contribution in [3.05, 3.63) is 93.5 Å². The van der Waals surface area contributed by atoms with Crippen LogP contribution in [0.15, 0.2) is 65.6 Å². The zero-order valence-corrected chi connectivity index (χ0v) is 20.8. The highest BCUT2D eigenvalue weighted by Gasteiger charge is 2.35. The van der Waals surface area contributed by atoms with Gasteiger partial charge < -0.3 is 5.32 Å². The van der Waals surface area contributed by atoms with E-state index in [1.807, 2.05) is 6.92 Å². The highest BCUT2D eigenvalue weighted by Crippen LogP contribution is 2.36. The fraction of sp³-hybridized carbons (Fsp3) is 0.240. The summed E-state index contributed by atoms with van der Waals surface area (Å²) >= 11 is 5.72. The Bertz CT molecular complexity index is 1320. The number of benzene rings is 3. The van der Waals surface area contributed by atoms with E-state index in [2.05, 4.69) is 10.0 Å². The molecule has 0 heterocycles. The lowest BCUT2D eigenvalue weighted by Gasteiger charge is -2.22. The van der Waals surface area contributed by atoms with Gasteiger partial charge in [0.1, 0.15) is 6.04 Å². The monoisotopic (exact) mass is 524 g/mol. The summed E-state index contributed by atoms with van der Waals surface area (Å²) in [5.74, 6) is -0.937. The minimum absolute atomic E-state index is 0.0245. The van der Waals surface area contributed by atoms with Gasteiger partial charge in [-0.3, -0.25) is 4.79 Å². The number of hydrogen-bond acceptors (Lipinski definition) is 3. The summed E-state index contributed by atoms with van der Waals surface area (Å²) < 4.78 is 69.6. The van der Waals surface area contributed by atoms with E-state index in [0.29, 0.717) is 22.8 Å². The van der Waals surface area contributed by atoms with E-state index in [9.17, 15) is 26.4 Å². The summed E-state index contributed by atoms with van der Waals surface area (Å²) in [6, 6.07) is 13.5. The Morgan fingerprint density at radius 3 is 2.14 bits per heavy atom. The van der Waals surface area contributed by atoms with Crippen molar-refractivity contribution >= 4 is 33.2 Å². The van der Waals surface area contributed by atoms with Crippen molar-refractivity contribution in [1.29, 1.82) is 0 Å². The Morgan fingerprint density at radius 2 is 1.57 bits per heavy atom. The molecular formula is C25H24ClF3N2O3S. The third-order valence-electron chi connectivity index (χ3n) is 5.31. The smallest absolute Gasteiger partial charge is 0.324 e. The van der Waals surface area contributed by atoms with Crippen molar-refractivity contribution < 1.29 is 26.4 Å². The number of sulfonamides is 1. The second kappa shape index (κ2) is 10.4. The Balaban J connectivity index is 1.99. The Morgan fingerprint density at radius 1 is 0.971 bits per heavy atom. The largest absolute Gasteiger partial charge is 0.418 e. The molecule has 1 amide bonds. The highest BCUT2D eigenvalue weighted by molar-refractivity contribution is 7.89. The van der Waals surface area contributed by atoms with E-state index in [0.717, 1.165) is 11.6 Å². The second-order valence-electron chi connectivity index (χ2n) is 8.27. The van der Waals surface area contributed by atoms with E-state index in [4.69, 9.17) is 11.6 Å². The maximum atomic E-state index is 13.5. The number of aryl methyl sites for hydroxylation is 3. The van der Waals surface area contributed by atoms with Crippen LogP contribution >= 0.6 is 11.6 Å².